The molecule has 2 aliphatic rings. The lowest BCUT2D eigenvalue weighted by molar-refractivity contribution is -0.150. The van der Waals surface area contributed by atoms with Crippen LogP contribution in [0.5, 0.6) is 0 Å². The molecule has 2 rings (SSSR count). The monoisotopic (exact) mass is 316 g/mol. The maximum Gasteiger partial charge on any atom is 0.393 e. The van der Waals surface area contributed by atoms with Crippen molar-refractivity contribution in [1.82, 2.24) is 0 Å². The SMILES string of the molecule is C=C1C[C@@H](OC(=O)C2C(C)(C)C2(C)C)C(C)=C1CC(F)(F)F. The predicted octanol–water partition coefficient (Wildman–Crippen LogP) is 4.81. The number of esters is 1. The Kier molecular flexibility index (Phi) is 3.78. The summed E-state index contributed by atoms with van der Waals surface area (Å²) < 4.78 is 43.3. The van der Waals surface area contributed by atoms with Crippen molar-refractivity contribution in [2.75, 3.05) is 0 Å². The molecule has 5 heteroatoms. The quantitative estimate of drug-likeness (QED) is 0.699. The van der Waals surface area contributed by atoms with Gasteiger partial charge < -0.3 is 4.74 Å². The number of carbonyl (C=O) groups is 1. The molecule has 22 heavy (non-hydrogen) atoms. The minimum atomic E-state index is -4.28. The smallest absolute Gasteiger partial charge is 0.393 e. The zero-order valence-corrected chi connectivity index (χ0v) is 13.7. The van der Waals surface area contributed by atoms with Crippen molar-refractivity contribution < 1.29 is 22.7 Å². The molecular formula is C17H23F3O2. The van der Waals surface area contributed by atoms with Gasteiger partial charge in [0.15, 0.2) is 0 Å². The second kappa shape index (κ2) is 4.87. The van der Waals surface area contributed by atoms with E-state index in [1.165, 1.54) is 0 Å². The zero-order chi connectivity index (χ0) is 17.1. The van der Waals surface area contributed by atoms with Gasteiger partial charge >= 0.3 is 12.1 Å². The number of carbonyl (C=O) groups excluding carboxylic acids is 1. The third kappa shape index (κ3) is 2.70. The highest BCUT2D eigenvalue weighted by molar-refractivity contribution is 5.79. The highest BCUT2D eigenvalue weighted by Gasteiger charge is 2.69. The van der Waals surface area contributed by atoms with E-state index >= 15 is 0 Å². The number of rotatable bonds is 3. The molecular weight excluding hydrogens is 293 g/mol. The third-order valence-electron chi connectivity index (χ3n) is 5.71. The molecule has 0 amide bonds. The van der Waals surface area contributed by atoms with Crippen LogP contribution in [-0.4, -0.2) is 18.2 Å². The number of allylic oxidation sites excluding steroid dienone is 1. The molecule has 0 unspecified atom stereocenters. The van der Waals surface area contributed by atoms with Crippen LogP contribution in [0.15, 0.2) is 23.3 Å². The molecule has 0 heterocycles. The van der Waals surface area contributed by atoms with Gasteiger partial charge in [0.1, 0.15) is 6.10 Å². The van der Waals surface area contributed by atoms with Gasteiger partial charge in [-0.1, -0.05) is 34.3 Å². The lowest BCUT2D eigenvalue weighted by Crippen LogP contribution is -2.20. The first-order valence-electron chi connectivity index (χ1n) is 7.44. The molecule has 1 atom stereocenters. The van der Waals surface area contributed by atoms with Gasteiger partial charge in [-0.3, -0.25) is 4.79 Å². The van der Waals surface area contributed by atoms with Gasteiger partial charge in [-0.15, -0.1) is 0 Å². The fraction of sp³-hybridized carbons (Fsp3) is 0.706. The van der Waals surface area contributed by atoms with Crippen molar-refractivity contribution in [3.8, 4) is 0 Å². The summed E-state index contributed by atoms with van der Waals surface area (Å²) in [5.41, 5.74) is 0.784. The Morgan fingerprint density at radius 1 is 1.27 bits per heavy atom. The number of alkyl halides is 3. The van der Waals surface area contributed by atoms with Crippen molar-refractivity contribution in [3.63, 3.8) is 0 Å². The highest BCUT2D eigenvalue weighted by atomic mass is 19.4. The minimum Gasteiger partial charge on any atom is -0.457 e. The Balaban J connectivity index is 2.09. The summed E-state index contributed by atoms with van der Waals surface area (Å²) in [6.45, 7) is 13.3. The second-order valence-corrected chi connectivity index (χ2v) is 7.56. The van der Waals surface area contributed by atoms with Crippen LogP contribution in [0.3, 0.4) is 0 Å². The maximum absolute atomic E-state index is 12.6. The van der Waals surface area contributed by atoms with E-state index in [2.05, 4.69) is 6.58 Å². The molecule has 1 fully saturated rings. The summed E-state index contributed by atoms with van der Waals surface area (Å²) in [7, 11) is 0. The predicted molar refractivity (Wildman–Crippen MR) is 78.1 cm³/mol. The van der Waals surface area contributed by atoms with Gasteiger partial charge in [0.05, 0.1) is 12.3 Å². The number of halogens is 3. The van der Waals surface area contributed by atoms with Gasteiger partial charge in [0.25, 0.3) is 0 Å². The number of ether oxygens (including phenoxy) is 1. The zero-order valence-electron chi connectivity index (χ0n) is 13.7. The van der Waals surface area contributed by atoms with E-state index in [4.69, 9.17) is 4.74 Å². The lowest BCUT2D eigenvalue weighted by Gasteiger charge is -2.15. The Labute approximate surface area is 129 Å². The largest absolute Gasteiger partial charge is 0.457 e. The van der Waals surface area contributed by atoms with Crippen molar-refractivity contribution in [2.45, 2.75) is 59.7 Å². The minimum absolute atomic E-state index is 0.147. The van der Waals surface area contributed by atoms with Gasteiger partial charge in [-0.05, 0) is 34.5 Å². The Morgan fingerprint density at radius 3 is 2.18 bits per heavy atom. The summed E-state index contributed by atoms with van der Waals surface area (Å²) in [6, 6.07) is 0. The van der Waals surface area contributed by atoms with Crippen molar-refractivity contribution >= 4 is 5.97 Å². The standard InChI is InChI=1S/C17H23F3O2/c1-9-7-12(10(2)11(9)8-17(18,19)20)22-14(21)13-15(3,4)16(13,5)6/h12-13H,1,7-8H2,2-6H3/t12-/m1/s1. The van der Waals surface area contributed by atoms with E-state index in [1.807, 2.05) is 27.7 Å². The summed E-state index contributed by atoms with van der Waals surface area (Å²) >= 11 is 0. The van der Waals surface area contributed by atoms with Crippen molar-refractivity contribution in [1.29, 1.82) is 0 Å². The molecule has 0 spiro atoms. The first-order chi connectivity index (χ1) is 9.79. The highest BCUT2D eigenvalue weighted by Crippen LogP contribution is 2.68. The molecule has 0 aromatic heterocycles. The van der Waals surface area contributed by atoms with Gasteiger partial charge in [0.2, 0.25) is 0 Å². The van der Waals surface area contributed by atoms with E-state index in [-0.39, 0.29) is 34.7 Å². The van der Waals surface area contributed by atoms with E-state index < -0.39 is 18.7 Å². The topological polar surface area (TPSA) is 26.3 Å². The number of hydrogen-bond acceptors (Lipinski definition) is 2. The van der Waals surface area contributed by atoms with Crippen LogP contribution in [0.25, 0.3) is 0 Å². The normalized spacial score (nSPS) is 27.3. The van der Waals surface area contributed by atoms with E-state index in [1.54, 1.807) is 6.92 Å². The average Bonchev–Trinajstić information content (AvgIpc) is 2.59. The first-order valence-corrected chi connectivity index (χ1v) is 7.44. The molecule has 0 N–H and O–H groups in total. The fourth-order valence-corrected chi connectivity index (χ4v) is 3.56. The molecule has 1 saturated carbocycles. The van der Waals surface area contributed by atoms with E-state index in [9.17, 15) is 18.0 Å². The van der Waals surface area contributed by atoms with Crippen LogP contribution in [-0.2, 0) is 9.53 Å². The van der Waals surface area contributed by atoms with Crippen LogP contribution in [0.2, 0.25) is 0 Å². The van der Waals surface area contributed by atoms with Crippen molar-refractivity contribution in [3.05, 3.63) is 23.3 Å². The molecule has 0 aromatic rings. The Morgan fingerprint density at radius 2 is 1.77 bits per heavy atom. The van der Waals surface area contributed by atoms with Crippen LogP contribution < -0.4 is 0 Å². The van der Waals surface area contributed by atoms with Crippen LogP contribution in [0.1, 0.15) is 47.5 Å². The summed E-state index contributed by atoms with van der Waals surface area (Å²) in [6.07, 6.45) is -5.63. The summed E-state index contributed by atoms with van der Waals surface area (Å²) in [5, 5.41) is 0. The van der Waals surface area contributed by atoms with Crippen LogP contribution in [0, 0.1) is 16.7 Å². The van der Waals surface area contributed by atoms with Gasteiger partial charge in [0, 0.05) is 6.42 Å². The second-order valence-electron chi connectivity index (χ2n) is 7.56. The summed E-state index contributed by atoms with van der Waals surface area (Å²) in [5.74, 6) is -0.534. The molecule has 0 saturated heterocycles. The first kappa shape index (κ1) is 17.1. The third-order valence-corrected chi connectivity index (χ3v) is 5.71. The Bertz CT molecular complexity index is 539. The lowest BCUT2D eigenvalue weighted by atomic mass is 10.0. The molecule has 0 aromatic carbocycles. The van der Waals surface area contributed by atoms with Gasteiger partial charge in [-0.2, -0.15) is 13.2 Å². The molecule has 0 bridgehead atoms. The van der Waals surface area contributed by atoms with Crippen LogP contribution >= 0.6 is 0 Å². The van der Waals surface area contributed by atoms with E-state index in [0.29, 0.717) is 11.1 Å². The van der Waals surface area contributed by atoms with E-state index in [0.717, 1.165) is 0 Å². The average molecular weight is 316 g/mol. The molecule has 0 aliphatic heterocycles. The van der Waals surface area contributed by atoms with Crippen LogP contribution in [0.4, 0.5) is 13.2 Å². The van der Waals surface area contributed by atoms with Crippen molar-refractivity contribution in [2.24, 2.45) is 16.7 Å². The molecule has 124 valence electrons. The molecule has 2 nitrogen and oxygen atoms in total. The number of hydrogen-bond donors (Lipinski definition) is 0. The maximum atomic E-state index is 12.6. The van der Waals surface area contributed by atoms with Gasteiger partial charge in [-0.25, -0.2) is 0 Å². The molecule has 0 radical (unpaired) electrons. The summed E-state index contributed by atoms with van der Waals surface area (Å²) in [4.78, 5) is 12.3. The fourth-order valence-electron chi connectivity index (χ4n) is 3.56. The molecule has 2 aliphatic carbocycles. The Hall–Kier alpha value is -1.26.